The van der Waals surface area contributed by atoms with Gasteiger partial charge in [0.2, 0.25) is 0 Å². The molecule has 0 fully saturated rings. The fourth-order valence-corrected chi connectivity index (χ4v) is 4.27. The number of nitrogens with one attached hydrogen (secondary N) is 2. The van der Waals surface area contributed by atoms with Crippen molar-refractivity contribution in [1.82, 2.24) is 20.1 Å². The Balaban J connectivity index is 1.93. The van der Waals surface area contributed by atoms with Gasteiger partial charge in [-0.25, -0.2) is 4.68 Å². The summed E-state index contributed by atoms with van der Waals surface area (Å²) in [6, 6.07) is 6.92. The van der Waals surface area contributed by atoms with E-state index in [4.69, 9.17) is 0 Å². The van der Waals surface area contributed by atoms with Crippen LogP contribution in [0.4, 0.5) is 5.13 Å². The summed E-state index contributed by atoms with van der Waals surface area (Å²) >= 11 is 1.21. The van der Waals surface area contributed by atoms with Gasteiger partial charge in [-0.2, -0.15) is 10.1 Å². The van der Waals surface area contributed by atoms with Crippen molar-refractivity contribution in [3.63, 3.8) is 0 Å². The minimum absolute atomic E-state index is 0.145. The quantitative estimate of drug-likeness (QED) is 0.498. The van der Waals surface area contributed by atoms with Crippen molar-refractivity contribution in [3.05, 3.63) is 41.1 Å². The van der Waals surface area contributed by atoms with Crippen LogP contribution in [0.5, 0.6) is 0 Å². The van der Waals surface area contributed by atoms with Crippen LogP contribution < -0.4 is 10.6 Å². The number of hydrogen-bond acceptors (Lipinski definition) is 6. The zero-order valence-electron chi connectivity index (χ0n) is 19.4. The van der Waals surface area contributed by atoms with Crippen molar-refractivity contribution < 1.29 is 14.7 Å². The molecule has 0 spiro atoms. The molecule has 2 aromatic heterocycles. The monoisotopic (exact) mass is 457 g/mol. The van der Waals surface area contributed by atoms with Gasteiger partial charge in [0.25, 0.3) is 11.8 Å². The highest BCUT2D eigenvalue weighted by Crippen LogP contribution is 2.32. The standard InChI is InChI=1S/C23H31N5O3S/c1-13(2)11-16(12-29)24-21(31)17-18-19(28(27-17)23(4,5)6)25-22(32-18)26-20(30)15-9-7-14(3)8-10-15/h7-10,13,16,29H,11-12H2,1-6H3,(H,24,31)(H,25,26,30)/t16-/m0/s1. The number of benzene rings is 1. The number of aliphatic hydroxyl groups excluding tert-OH is 1. The van der Waals surface area contributed by atoms with Gasteiger partial charge in [0.15, 0.2) is 16.5 Å². The van der Waals surface area contributed by atoms with Gasteiger partial charge in [-0.15, -0.1) is 0 Å². The molecule has 0 aliphatic carbocycles. The van der Waals surface area contributed by atoms with Crippen LogP contribution in [-0.4, -0.2) is 44.3 Å². The van der Waals surface area contributed by atoms with Crippen LogP contribution in [0.25, 0.3) is 10.3 Å². The number of carbonyl (C=O) groups excluding carboxylic acids is 2. The third-order valence-electron chi connectivity index (χ3n) is 4.92. The Morgan fingerprint density at radius 2 is 1.81 bits per heavy atom. The second-order valence-corrected chi connectivity index (χ2v) is 10.4. The fraction of sp³-hybridized carbons (Fsp3) is 0.478. The van der Waals surface area contributed by atoms with Gasteiger partial charge in [0.05, 0.1) is 18.2 Å². The highest BCUT2D eigenvalue weighted by molar-refractivity contribution is 7.22. The minimum atomic E-state index is -0.419. The molecule has 1 atom stereocenters. The first kappa shape index (κ1) is 23.9. The first-order valence-electron chi connectivity index (χ1n) is 10.7. The molecular formula is C23H31N5O3S. The Morgan fingerprint density at radius 3 is 2.38 bits per heavy atom. The number of amides is 2. The Hall–Kier alpha value is -2.78. The van der Waals surface area contributed by atoms with Crippen molar-refractivity contribution in [1.29, 1.82) is 0 Å². The SMILES string of the molecule is Cc1ccc(C(=O)Nc2nc3c(s2)c(C(=O)N[C@H](CO)CC(C)C)nn3C(C)(C)C)cc1. The summed E-state index contributed by atoms with van der Waals surface area (Å²) in [6.45, 7) is 11.8. The molecule has 1 aromatic carbocycles. The van der Waals surface area contributed by atoms with Crippen LogP contribution in [-0.2, 0) is 5.54 Å². The molecule has 0 saturated heterocycles. The minimum Gasteiger partial charge on any atom is -0.394 e. The number of carbonyl (C=O) groups is 2. The van der Waals surface area contributed by atoms with E-state index >= 15 is 0 Å². The maximum absolute atomic E-state index is 13.0. The lowest BCUT2D eigenvalue weighted by molar-refractivity contribution is 0.0903. The lowest BCUT2D eigenvalue weighted by Crippen LogP contribution is -2.38. The smallest absolute Gasteiger partial charge is 0.273 e. The molecule has 0 unspecified atom stereocenters. The van der Waals surface area contributed by atoms with Gasteiger partial charge >= 0.3 is 0 Å². The Morgan fingerprint density at radius 1 is 1.16 bits per heavy atom. The average molecular weight is 458 g/mol. The number of hydrogen-bond donors (Lipinski definition) is 3. The summed E-state index contributed by atoms with van der Waals surface area (Å²) < 4.78 is 2.30. The van der Waals surface area contributed by atoms with Crippen LogP contribution in [0, 0.1) is 12.8 Å². The molecule has 3 N–H and O–H groups in total. The molecule has 2 heterocycles. The summed E-state index contributed by atoms with van der Waals surface area (Å²) in [6.07, 6.45) is 0.659. The Labute approximate surface area is 192 Å². The van der Waals surface area contributed by atoms with Crippen molar-refractivity contribution in [2.24, 2.45) is 5.92 Å². The van der Waals surface area contributed by atoms with Gasteiger partial charge in [-0.3, -0.25) is 14.9 Å². The number of thiazole rings is 1. The summed E-state index contributed by atoms with van der Waals surface area (Å²) in [7, 11) is 0. The van der Waals surface area contributed by atoms with Crippen molar-refractivity contribution in [2.45, 2.75) is 59.5 Å². The van der Waals surface area contributed by atoms with E-state index in [0.717, 1.165) is 5.56 Å². The molecule has 0 radical (unpaired) electrons. The highest BCUT2D eigenvalue weighted by Gasteiger charge is 2.28. The Kier molecular flexibility index (Phi) is 7.00. The van der Waals surface area contributed by atoms with E-state index in [1.54, 1.807) is 16.8 Å². The van der Waals surface area contributed by atoms with Gasteiger partial charge < -0.3 is 10.4 Å². The van der Waals surface area contributed by atoms with Gasteiger partial charge in [0.1, 0.15) is 4.70 Å². The number of aromatic nitrogens is 3. The molecule has 3 aromatic rings. The van der Waals surface area contributed by atoms with Crippen LogP contribution in [0.3, 0.4) is 0 Å². The van der Waals surface area contributed by atoms with Crippen LogP contribution in [0.1, 0.15) is 67.4 Å². The third kappa shape index (κ3) is 5.34. The first-order chi connectivity index (χ1) is 15.0. The number of aryl methyl sites for hydroxylation is 1. The van der Waals surface area contributed by atoms with Gasteiger partial charge in [-0.1, -0.05) is 42.9 Å². The molecule has 3 rings (SSSR count). The molecule has 8 nitrogen and oxygen atoms in total. The van der Waals surface area contributed by atoms with Gasteiger partial charge in [0, 0.05) is 5.56 Å². The predicted molar refractivity (Wildman–Crippen MR) is 127 cm³/mol. The molecule has 9 heteroatoms. The molecule has 2 amide bonds. The van der Waals surface area contributed by atoms with E-state index in [2.05, 4.69) is 20.7 Å². The predicted octanol–water partition coefficient (Wildman–Crippen LogP) is 3.95. The molecule has 0 saturated carbocycles. The zero-order valence-corrected chi connectivity index (χ0v) is 20.2. The normalized spacial score (nSPS) is 12.9. The summed E-state index contributed by atoms with van der Waals surface area (Å²) in [5, 5.41) is 20.3. The highest BCUT2D eigenvalue weighted by atomic mass is 32.1. The van der Waals surface area contributed by atoms with E-state index < -0.39 is 5.54 Å². The molecule has 0 aliphatic rings. The van der Waals surface area contributed by atoms with Crippen molar-refractivity contribution in [3.8, 4) is 0 Å². The van der Waals surface area contributed by atoms with E-state index in [9.17, 15) is 14.7 Å². The van der Waals surface area contributed by atoms with Crippen LogP contribution in [0.15, 0.2) is 24.3 Å². The van der Waals surface area contributed by atoms with Gasteiger partial charge in [-0.05, 0) is 52.2 Å². The van der Waals surface area contributed by atoms with Crippen LogP contribution in [0.2, 0.25) is 0 Å². The van der Waals surface area contributed by atoms with E-state index in [-0.39, 0.29) is 30.2 Å². The topological polar surface area (TPSA) is 109 Å². The molecule has 0 aliphatic heterocycles. The zero-order chi connectivity index (χ0) is 23.6. The Bertz CT molecular complexity index is 1110. The van der Waals surface area contributed by atoms with E-state index in [1.807, 2.05) is 53.7 Å². The second kappa shape index (κ2) is 9.38. The lowest BCUT2D eigenvalue weighted by atomic mass is 10.0. The largest absolute Gasteiger partial charge is 0.394 e. The maximum Gasteiger partial charge on any atom is 0.273 e. The molecule has 32 heavy (non-hydrogen) atoms. The maximum atomic E-state index is 13.0. The lowest BCUT2D eigenvalue weighted by Gasteiger charge is -2.19. The molecular weight excluding hydrogens is 426 g/mol. The third-order valence-corrected chi connectivity index (χ3v) is 5.89. The first-order valence-corrected chi connectivity index (χ1v) is 11.5. The van der Waals surface area contributed by atoms with Crippen LogP contribution >= 0.6 is 11.3 Å². The summed E-state index contributed by atoms with van der Waals surface area (Å²) in [4.78, 5) is 30.2. The molecule has 0 bridgehead atoms. The number of fused-ring (bicyclic) bond motifs is 1. The van der Waals surface area contributed by atoms with E-state index in [0.29, 0.717) is 33.4 Å². The molecule has 172 valence electrons. The number of aliphatic hydroxyl groups is 1. The fourth-order valence-electron chi connectivity index (χ4n) is 3.35. The number of nitrogens with zero attached hydrogens (tertiary/aromatic N) is 3. The van der Waals surface area contributed by atoms with E-state index in [1.165, 1.54) is 11.3 Å². The number of anilines is 1. The average Bonchev–Trinajstić information content (AvgIpc) is 3.25. The summed E-state index contributed by atoms with van der Waals surface area (Å²) in [5.74, 6) is -0.302. The number of rotatable bonds is 7. The van der Waals surface area contributed by atoms with Crippen molar-refractivity contribution in [2.75, 3.05) is 11.9 Å². The second-order valence-electron chi connectivity index (χ2n) is 9.41. The van der Waals surface area contributed by atoms with Crippen molar-refractivity contribution >= 4 is 38.6 Å². The summed E-state index contributed by atoms with van der Waals surface area (Å²) in [5.41, 5.74) is 1.96.